The average Bonchev–Trinajstić information content (AvgIpc) is 2.84. The second-order valence-corrected chi connectivity index (χ2v) is 12.3. The quantitative estimate of drug-likeness (QED) is 0.303. The Kier molecular flexibility index (Phi) is 12.0. The first-order valence-corrected chi connectivity index (χ1v) is 14.2. The molecule has 0 bridgehead atoms. The maximum Gasteiger partial charge on any atom is 0.311 e. The lowest BCUT2D eigenvalue weighted by Gasteiger charge is -2.46. The van der Waals surface area contributed by atoms with Crippen LogP contribution in [-0.2, 0) is 23.8 Å². The Morgan fingerprint density at radius 2 is 1.74 bits per heavy atom. The Labute approximate surface area is 234 Å². The van der Waals surface area contributed by atoms with Crippen molar-refractivity contribution in [3.8, 4) is 0 Å². The molecule has 0 aromatic carbocycles. The van der Waals surface area contributed by atoms with Crippen molar-refractivity contribution in [2.24, 2.45) is 17.8 Å². The van der Waals surface area contributed by atoms with Gasteiger partial charge < -0.3 is 39.7 Å². The van der Waals surface area contributed by atoms with Gasteiger partial charge in [-0.25, -0.2) is 0 Å². The number of carbonyl (C=O) groups is 2. The third-order valence-corrected chi connectivity index (χ3v) is 8.26. The molecule has 0 aromatic rings. The number of hydrogen-bond acceptors (Lipinski definition) is 9. The summed E-state index contributed by atoms with van der Waals surface area (Å²) in [6.07, 6.45) is -2.17. The lowest BCUT2D eigenvalue weighted by Crippen LogP contribution is -2.59. The molecule has 2 aliphatic rings. The summed E-state index contributed by atoms with van der Waals surface area (Å²) in [4.78, 5) is 28.1. The third-order valence-electron chi connectivity index (χ3n) is 8.26. The molecule has 1 fully saturated rings. The van der Waals surface area contributed by atoms with Gasteiger partial charge in [0.15, 0.2) is 6.29 Å². The van der Waals surface area contributed by atoms with E-state index in [1.54, 1.807) is 27.7 Å². The number of likely N-dealkylation sites (N-methyl/N-ethyl adjacent to an activating group) is 1. The van der Waals surface area contributed by atoms with Crippen LogP contribution in [0.3, 0.4) is 0 Å². The van der Waals surface area contributed by atoms with E-state index in [1.807, 2.05) is 52.8 Å². The minimum Gasteiger partial charge on any atom is -0.458 e. The van der Waals surface area contributed by atoms with E-state index < -0.39 is 60.0 Å². The Balaban J connectivity index is 2.49. The zero-order valence-electron chi connectivity index (χ0n) is 25.4. The van der Waals surface area contributed by atoms with E-state index in [-0.39, 0.29) is 30.5 Å². The molecule has 0 saturated carbocycles. The Morgan fingerprint density at radius 1 is 1.13 bits per heavy atom. The molecule has 0 spiro atoms. The fraction of sp³-hybridized carbons (Fsp3) is 0.862. The van der Waals surface area contributed by atoms with E-state index in [0.29, 0.717) is 12.8 Å². The summed E-state index contributed by atoms with van der Waals surface area (Å²) < 4.78 is 18.1. The van der Waals surface area contributed by atoms with E-state index in [2.05, 4.69) is 5.32 Å². The van der Waals surface area contributed by atoms with Crippen LogP contribution < -0.4 is 5.32 Å². The third kappa shape index (κ3) is 8.47. The molecule has 2 rings (SSSR count). The number of carbonyl (C=O) groups excluding carboxylic acids is 2. The number of aliphatic hydroxyl groups excluding tert-OH is 2. The van der Waals surface area contributed by atoms with Crippen LogP contribution in [0.4, 0.5) is 0 Å². The molecule has 1 saturated heterocycles. The smallest absolute Gasteiger partial charge is 0.311 e. The van der Waals surface area contributed by atoms with Crippen molar-refractivity contribution in [1.82, 2.24) is 10.2 Å². The van der Waals surface area contributed by atoms with E-state index in [0.717, 1.165) is 5.57 Å². The fourth-order valence-corrected chi connectivity index (χ4v) is 5.89. The highest BCUT2D eigenvalue weighted by atomic mass is 16.7. The molecule has 2 heterocycles. The number of amides is 1. The summed E-state index contributed by atoms with van der Waals surface area (Å²) in [6, 6.07) is -0.569. The highest BCUT2D eigenvalue weighted by Crippen LogP contribution is 2.35. The molecule has 39 heavy (non-hydrogen) atoms. The highest BCUT2D eigenvalue weighted by Gasteiger charge is 2.48. The van der Waals surface area contributed by atoms with Gasteiger partial charge in [0.25, 0.3) is 0 Å². The summed E-state index contributed by atoms with van der Waals surface area (Å²) in [5.41, 5.74) is -0.823. The molecule has 12 atom stereocenters. The first-order valence-electron chi connectivity index (χ1n) is 14.2. The molecule has 0 unspecified atom stereocenters. The lowest BCUT2D eigenvalue weighted by molar-refractivity contribution is -0.299. The number of rotatable bonds is 4. The molecule has 0 aliphatic carbocycles. The molecule has 1 amide bonds. The Bertz CT molecular complexity index is 862. The summed E-state index contributed by atoms with van der Waals surface area (Å²) in [6.45, 7) is 14.0. The van der Waals surface area contributed by atoms with Crippen molar-refractivity contribution in [1.29, 1.82) is 0 Å². The Hall–Kier alpha value is -1.56. The van der Waals surface area contributed by atoms with Crippen molar-refractivity contribution < 1.29 is 39.1 Å². The number of hydrogen-bond donors (Lipinski definition) is 4. The van der Waals surface area contributed by atoms with Crippen molar-refractivity contribution in [2.75, 3.05) is 14.1 Å². The van der Waals surface area contributed by atoms with Crippen LogP contribution >= 0.6 is 0 Å². The zero-order valence-corrected chi connectivity index (χ0v) is 25.4. The maximum atomic E-state index is 13.1. The van der Waals surface area contributed by atoms with Crippen LogP contribution in [0.1, 0.15) is 74.7 Å². The summed E-state index contributed by atoms with van der Waals surface area (Å²) >= 11 is 0. The normalized spacial score (nSPS) is 45.0. The minimum atomic E-state index is -1.63. The van der Waals surface area contributed by atoms with Crippen molar-refractivity contribution in [2.45, 2.75) is 129 Å². The van der Waals surface area contributed by atoms with Gasteiger partial charge in [0.1, 0.15) is 12.2 Å². The molecule has 2 aliphatic heterocycles. The molecule has 0 aromatic heterocycles. The molecule has 0 radical (unpaired) electrons. The molecule has 10 heteroatoms. The van der Waals surface area contributed by atoms with E-state index in [1.165, 1.54) is 0 Å². The fourth-order valence-electron chi connectivity index (χ4n) is 5.89. The number of nitrogens with one attached hydrogen (secondary N) is 1. The topological polar surface area (TPSA) is 138 Å². The predicted octanol–water partition coefficient (Wildman–Crippen LogP) is 1.99. The van der Waals surface area contributed by atoms with Crippen LogP contribution in [0.25, 0.3) is 0 Å². The van der Waals surface area contributed by atoms with Crippen LogP contribution in [0.15, 0.2) is 11.6 Å². The van der Waals surface area contributed by atoms with E-state index in [9.17, 15) is 24.9 Å². The van der Waals surface area contributed by atoms with Crippen LogP contribution in [0, 0.1) is 17.8 Å². The number of ether oxygens (including phenoxy) is 3. The largest absolute Gasteiger partial charge is 0.458 e. The van der Waals surface area contributed by atoms with Crippen LogP contribution in [0.2, 0.25) is 0 Å². The maximum absolute atomic E-state index is 13.1. The first kappa shape index (κ1) is 33.6. The minimum absolute atomic E-state index is 0.0157. The number of aliphatic hydroxyl groups is 3. The van der Waals surface area contributed by atoms with Gasteiger partial charge in [0.2, 0.25) is 5.91 Å². The van der Waals surface area contributed by atoms with Gasteiger partial charge in [0, 0.05) is 23.9 Å². The molecule has 10 nitrogen and oxygen atoms in total. The summed E-state index contributed by atoms with van der Waals surface area (Å²) in [5.74, 6) is -3.12. The SMILES string of the molecule is CC[C@H]1OC(=O)[C@H](C)[C@@H](O)[C@H](C)[C@@H](O[C@@H]2O[C@H](C)C[C@H](N(C)C)[C@H]2O)[C@](C)(O)C[C@@H](C)C(=O)N[C@H](C)/C=C/1C. The lowest BCUT2D eigenvalue weighted by atomic mass is 9.78. The van der Waals surface area contributed by atoms with Gasteiger partial charge in [-0.15, -0.1) is 0 Å². The summed E-state index contributed by atoms with van der Waals surface area (Å²) in [7, 11) is 3.73. The predicted molar refractivity (Wildman–Crippen MR) is 148 cm³/mol. The number of esters is 1. The van der Waals surface area contributed by atoms with Gasteiger partial charge >= 0.3 is 5.97 Å². The molecular weight excluding hydrogens is 504 g/mol. The molecular formula is C29H52N2O8. The first-order chi connectivity index (χ1) is 18.0. The van der Waals surface area contributed by atoms with Crippen molar-refractivity contribution in [3.05, 3.63) is 11.6 Å². The zero-order chi connectivity index (χ0) is 29.8. The van der Waals surface area contributed by atoms with Gasteiger partial charge in [-0.3, -0.25) is 9.59 Å². The van der Waals surface area contributed by atoms with Crippen LogP contribution in [-0.4, -0.2) is 101 Å². The monoisotopic (exact) mass is 556 g/mol. The standard InChI is InChI=1S/C29H52N2O8/c1-11-22-15(2)12-17(4)30-26(34)16(3)14-29(8,36)25(19(6)23(32)20(7)27(35)38-22)39-28-24(33)21(31(9)10)13-18(5)37-28/h12,16-25,28,32-33,36H,11,13-14H2,1-10H3,(H,30,34)/b15-12+/t16-,17-,18-,19+,20-,21+,22-,23+,24-,25-,28+,29-/m1/s1. The van der Waals surface area contributed by atoms with Gasteiger partial charge in [-0.1, -0.05) is 26.8 Å². The van der Waals surface area contributed by atoms with Crippen molar-refractivity contribution in [3.63, 3.8) is 0 Å². The summed E-state index contributed by atoms with van der Waals surface area (Å²) in [5, 5.41) is 37.2. The second kappa shape index (κ2) is 13.9. The second-order valence-electron chi connectivity index (χ2n) is 12.3. The van der Waals surface area contributed by atoms with E-state index >= 15 is 0 Å². The molecule has 226 valence electrons. The van der Waals surface area contributed by atoms with Crippen molar-refractivity contribution >= 4 is 11.9 Å². The van der Waals surface area contributed by atoms with Gasteiger partial charge in [-0.2, -0.15) is 0 Å². The number of nitrogens with zero attached hydrogens (tertiary/aromatic N) is 1. The van der Waals surface area contributed by atoms with Gasteiger partial charge in [-0.05, 0) is 73.5 Å². The Morgan fingerprint density at radius 3 is 2.31 bits per heavy atom. The average molecular weight is 557 g/mol. The highest BCUT2D eigenvalue weighted by molar-refractivity contribution is 5.79. The number of cyclic esters (lactones) is 1. The van der Waals surface area contributed by atoms with Gasteiger partial charge in [0.05, 0.1) is 29.8 Å². The molecule has 4 N–H and O–H groups in total. The van der Waals surface area contributed by atoms with E-state index in [4.69, 9.17) is 14.2 Å². The van der Waals surface area contributed by atoms with Crippen LogP contribution in [0.5, 0.6) is 0 Å².